The molecule has 0 saturated carbocycles. The number of hydrazine groups is 1. The summed E-state index contributed by atoms with van der Waals surface area (Å²) in [5, 5.41) is 43.7. The lowest BCUT2D eigenvalue weighted by atomic mass is 9.75. The van der Waals surface area contributed by atoms with E-state index >= 15 is 0 Å². The highest BCUT2D eigenvalue weighted by molar-refractivity contribution is 6.43. The van der Waals surface area contributed by atoms with Gasteiger partial charge in [-0.25, -0.2) is 10.1 Å². The lowest BCUT2D eigenvalue weighted by molar-refractivity contribution is -0.525. The number of amides is 2. The molecule has 1 rings (SSSR count). The van der Waals surface area contributed by atoms with Crippen molar-refractivity contribution >= 4 is 31.0 Å². The number of para-hydroxylation sites is 1. The van der Waals surface area contributed by atoms with Crippen molar-refractivity contribution in [3.05, 3.63) is 46.0 Å². The predicted octanol–water partition coefficient (Wildman–Crippen LogP) is -0.178. The van der Waals surface area contributed by atoms with E-state index in [1.165, 1.54) is 19.3 Å². The molecule has 1 aromatic rings. The number of ether oxygens (including phenoxy) is 1. The first-order valence-corrected chi connectivity index (χ1v) is 11.0. The van der Waals surface area contributed by atoms with Gasteiger partial charge in [-0.05, 0) is 37.3 Å². The van der Waals surface area contributed by atoms with E-state index in [1.54, 1.807) is 29.7 Å². The fourth-order valence-electron chi connectivity index (χ4n) is 3.15. The summed E-state index contributed by atoms with van der Waals surface area (Å²) < 4.78 is 5.24. The van der Waals surface area contributed by atoms with Crippen LogP contribution in [0.15, 0.2) is 30.3 Å². The van der Waals surface area contributed by atoms with E-state index in [4.69, 9.17) is 10.1 Å². The Labute approximate surface area is 204 Å². The van der Waals surface area contributed by atoms with Crippen molar-refractivity contribution in [2.45, 2.75) is 45.1 Å². The number of hydrogen-bond acceptors (Lipinski definition) is 8. The Morgan fingerprint density at radius 1 is 1.26 bits per heavy atom. The summed E-state index contributed by atoms with van der Waals surface area (Å²) in [5.74, 6) is -1.97. The predicted molar refractivity (Wildman–Crippen MR) is 131 cm³/mol. The van der Waals surface area contributed by atoms with Gasteiger partial charge >= 0.3 is 7.12 Å². The Hall–Kier alpha value is -3.65. The molecule has 14 heteroatoms. The van der Waals surface area contributed by atoms with Crippen LogP contribution >= 0.6 is 0 Å². The summed E-state index contributed by atoms with van der Waals surface area (Å²) in [7, 11) is -0.274. The highest BCUT2D eigenvalue weighted by Gasteiger charge is 2.29. The molecule has 0 aliphatic carbocycles. The summed E-state index contributed by atoms with van der Waals surface area (Å²) in [6.07, 6.45) is 3.48. The third-order valence-corrected chi connectivity index (χ3v) is 4.77. The number of rotatable bonds is 14. The number of nitrogens with one attached hydrogen (secondary N) is 5. The average molecular weight is 492 g/mol. The Balaban J connectivity index is 2.86. The molecule has 35 heavy (non-hydrogen) atoms. The molecule has 2 atom stereocenters. The molecule has 13 nitrogen and oxygen atoms in total. The molecule has 0 heterocycles. The van der Waals surface area contributed by atoms with Gasteiger partial charge in [0.25, 0.3) is 5.96 Å². The fourth-order valence-corrected chi connectivity index (χ4v) is 3.15. The van der Waals surface area contributed by atoms with Crippen LogP contribution < -0.4 is 26.1 Å². The van der Waals surface area contributed by atoms with Crippen LogP contribution in [0, 0.1) is 21.4 Å². The molecule has 1 aromatic carbocycles. The van der Waals surface area contributed by atoms with Crippen molar-refractivity contribution in [2.24, 2.45) is 5.92 Å². The highest BCUT2D eigenvalue weighted by atomic mass is 16.7. The van der Waals surface area contributed by atoms with E-state index in [9.17, 15) is 29.8 Å². The van der Waals surface area contributed by atoms with Gasteiger partial charge in [-0.1, -0.05) is 37.5 Å². The molecule has 0 aliphatic rings. The van der Waals surface area contributed by atoms with E-state index < -0.39 is 41.9 Å². The zero-order valence-corrected chi connectivity index (χ0v) is 20.0. The van der Waals surface area contributed by atoms with E-state index in [2.05, 4.69) is 16.0 Å². The number of benzene rings is 1. The molecule has 0 aliphatic heterocycles. The van der Waals surface area contributed by atoms with Crippen molar-refractivity contribution in [3.63, 3.8) is 0 Å². The van der Waals surface area contributed by atoms with Gasteiger partial charge in [-0.3, -0.25) is 15.0 Å². The second-order valence-corrected chi connectivity index (χ2v) is 8.11. The number of hydrogen-bond donors (Lipinski definition) is 7. The van der Waals surface area contributed by atoms with Gasteiger partial charge in [0, 0.05) is 18.2 Å². The molecule has 0 saturated heterocycles. The molecule has 0 unspecified atom stereocenters. The molecule has 0 aromatic heterocycles. The normalized spacial score (nSPS) is 12.5. The summed E-state index contributed by atoms with van der Waals surface area (Å²) in [5.41, 5.74) is 2.31. The number of carbonyl (C=O) groups is 2. The standard InChI is InChI=1S/C21H33BN6O7/c1-14(2)13-18(22(31)32)26-20(30)16(8-6-12-24-21(23)27-28(33)34)25-19(29)11-10-15-7-4-5-9-17(15)35-3/h4-5,7,9-11,14,16,18,31-32H,6,8,12-13H2,1-3H3,(H,25,29)(H,26,30)(H3,23,24,27)/b11-10+/t16-,18-/m0/s1. The van der Waals surface area contributed by atoms with Crippen molar-refractivity contribution in [2.75, 3.05) is 13.7 Å². The van der Waals surface area contributed by atoms with E-state index in [-0.39, 0.29) is 25.3 Å². The zero-order valence-electron chi connectivity index (χ0n) is 20.0. The minimum atomic E-state index is -1.78. The number of carbonyl (C=O) groups excluding carboxylic acids is 2. The van der Waals surface area contributed by atoms with E-state index in [1.807, 2.05) is 13.8 Å². The largest absolute Gasteiger partial charge is 0.496 e. The van der Waals surface area contributed by atoms with Crippen LogP contribution in [0.25, 0.3) is 6.08 Å². The van der Waals surface area contributed by atoms with Gasteiger partial charge in [-0.2, -0.15) is 0 Å². The van der Waals surface area contributed by atoms with Crippen molar-refractivity contribution in [1.29, 1.82) is 5.41 Å². The Kier molecular flexibility index (Phi) is 12.8. The topological polar surface area (TPSA) is 199 Å². The molecular formula is C21H33BN6O7. The van der Waals surface area contributed by atoms with Gasteiger partial charge in [-0.15, -0.1) is 0 Å². The maximum atomic E-state index is 12.9. The van der Waals surface area contributed by atoms with Gasteiger partial charge < -0.3 is 30.7 Å². The Morgan fingerprint density at radius 2 is 1.94 bits per heavy atom. The van der Waals surface area contributed by atoms with Crippen LogP contribution in [0.5, 0.6) is 5.75 Å². The number of nitrogens with zero attached hydrogens (tertiary/aromatic N) is 1. The maximum Gasteiger partial charge on any atom is 0.475 e. The van der Waals surface area contributed by atoms with Crippen LogP contribution in [0.2, 0.25) is 0 Å². The van der Waals surface area contributed by atoms with Crippen LogP contribution in [0.4, 0.5) is 0 Å². The number of nitro groups is 1. The van der Waals surface area contributed by atoms with Crippen molar-refractivity contribution in [1.82, 2.24) is 21.4 Å². The maximum absolute atomic E-state index is 12.9. The molecule has 192 valence electrons. The molecule has 0 radical (unpaired) electrons. The molecule has 7 N–H and O–H groups in total. The van der Waals surface area contributed by atoms with Crippen LogP contribution in [-0.4, -0.2) is 65.6 Å². The zero-order chi connectivity index (χ0) is 26.4. The molecule has 2 amide bonds. The lowest BCUT2D eigenvalue weighted by Gasteiger charge is -2.24. The first kappa shape index (κ1) is 29.4. The summed E-state index contributed by atoms with van der Waals surface area (Å²) >= 11 is 0. The number of methoxy groups -OCH3 is 1. The second-order valence-electron chi connectivity index (χ2n) is 8.11. The highest BCUT2D eigenvalue weighted by Crippen LogP contribution is 2.18. The quantitative estimate of drug-likeness (QED) is 0.0350. The summed E-state index contributed by atoms with van der Waals surface area (Å²) in [4.78, 5) is 35.8. The Bertz CT molecular complexity index is 897. The summed E-state index contributed by atoms with van der Waals surface area (Å²) in [6.45, 7) is 3.85. The van der Waals surface area contributed by atoms with Gasteiger partial charge in [0.2, 0.25) is 11.8 Å². The van der Waals surface area contributed by atoms with Crippen molar-refractivity contribution < 1.29 is 29.4 Å². The van der Waals surface area contributed by atoms with Gasteiger partial charge in [0.15, 0.2) is 5.03 Å². The molecule has 0 fully saturated rings. The van der Waals surface area contributed by atoms with Crippen LogP contribution in [0.3, 0.4) is 0 Å². The minimum absolute atomic E-state index is 0.0724. The second kappa shape index (κ2) is 15.3. The molecule has 0 spiro atoms. The SMILES string of the molecule is COc1ccccc1/C=C/C(=O)N[C@@H](CCCNC(=N)N[N+](=O)[O-])C(=O)N[C@@H](CC(C)C)B(O)O. The molecule has 0 bridgehead atoms. The monoisotopic (exact) mass is 492 g/mol. The fraction of sp³-hybridized carbons (Fsp3) is 0.476. The van der Waals surface area contributed by atoms with Gasteiger partial charge in [0.1, 0.15) is 11.8 Å². The third-order valence-electron chi connectivity index (χ3n) is 4.77. The lowest BCUT2D eigenvalue weighted by Crippen LogP contribution is -2.54. The Morgan fingerprint density at radius 3 is 2.54 bits per heavy atom. The van der Waals surface area contributed by atoms with Crippen LogP contribution in [-0.2, 0) is 9.59 Å². The smallest absolute Gasteiger partial charge is 0.475 e. The summed E-state index contributed by atoms with van der Waals surface area (Å²) in [6, 6.07) is 6.03. The van der Waals surface area contributed by atoms with Crippen LogP contribution in [0.1, 0.15) is 38.7 Å². The third kappa shape index (κ3) is 11.9. The van der Waals surface area contributed by atoms with E-state index in [0.29, 0.717) is 17.7 Å². The molecular weight excluding hydrogens is 459 g/mol. The van der Waals surface area contributed by atoms with E-state index in [0.717, 1.165) is 0 Å². The minimum Gasteiger partial charge on any atom is -0.496 e. The average Bonchev–Trinajstić information content (AvgIpc) is 2.78. The number of guanidine groups is 1. The first-order chi connectivity index (χ1) is 16.5. The van der Waals surface area contributed by atoms with Gasteiger partial charge in [0.05, 0.1) is 13.1 Å². The van der Waals surface area contributed by atoms with Crippen molar-refractivity contribution in [3.8, 4) is 5.75 Å². The first-order valence-electron chi connectivity index (χ1n) is 11.0.